The Kier molecular flexibility index (Phi) is 1.79. The van der Waals surface area contributed by atoms with E-state index in [4.69, 9.17) is 9.47 Å². The zero-order chi connectivity index (χ0) is 12.3. The van der Waals surface area contributed by atoms with Crippen LogP contribution in [-0.2, 0) is 11.3 Å². The van der Waals surface area contributed by atoms with Crippen LogP contribution in [-0.4, -0.2) is 29.5 Å². The van der Waals surface area contributed by atoms with Crippen molar-refractivity contribution in [1.29, 1.82) is 0 Å². The van der Waals surface area contributed by atoms with E-state index >= 15 is 0 Å². The molecule has 0 saturated carbocycles. The highest BCUT2D eigenvalue weighted by molar-refractivity contribution is 6.12. The Balaban J connectivity index is 1.88. The number of aliphatic imine (C=N–C) groups is 1. The highest BCUT2D eigenvalue weighted by Gasteiger charge is 2.36. The van der Waals surface area contributed by atoms with Crippen molar-refractivity contribution in [1.82, 2.24) is 4.90 Å². The van der Waals surface area contributed by atoms with Gasteiger partial charge in [0.05, 0.1) is 12.6 Å². The lowest BCUT2D eigenvalue weighted by molar-refractivity contribution is -0.128. The van der Waals surface area contributed by atoms with Gasteiger partial charge in [-0.1, -0.05) is 0 Å². The maximum atomic E-state index is 12.0. The van der Waals surface area contributed by atoms with E-state index in [1.54, 1.807) is 4.90 Å². The maximum absolute atomic E-state index is 12.0. The fourth-order valence-corrected chi connectivity index (χ4v) is 2.68. The van der Waals surface area contributed by atoms with E-state index in [0.29, 0.717) is 13.0 Å². The van der Waals surface area contributed by atoms with Crippen molar-refractivity contribution < 1.29 is 14.3 Å². The Labute approximate surface area is 104 Å². The lowest BCUT2D eigenvalue weighted by atomic mass is 10.1. The van der Waals surface area contributed by atoms with E-state index in [2.05, 4.69) is 4.99 Å². The summed E-state index contributed by atoms with van der Waals surface area (Å²) in [5.74, 6) is 2.43. The molecule has 5 heteroatoms. The highest BCUT2D eigenvalue weighted by Crippen LogP contribution is 2.39. The Hall–Kier alpha value is -2.04. The molecule has 3 aliphatic heterocycles. The molecule has 5 nitrogen and oxygen atoms in total. The number of carbonyl (C=O) groups is 1. The molecule has 3 aliphatic rings. The Bertz CT molecular complexity index is 594. The lowest BCUT2D eigenvalue weighted by Crippen LogP contribution is -2.38. The number of hydrogen-bond donors (Lipinski definition) is 0. The first-order chi connectivity index (χ1) is 8.72. The number of fused-ring (bicyclic) bond motifs is 4. The van der Waals surface area contributed by atoms with Crippen LogP contribution in [0.3, 0.4) is 0 Å². The average molecular weight is 244 g/mol. The highest BCUT2D eigenvalue weighted by atomic mass is 16.7. The molecule has 4 rings (SSSR count). The molecule has 0 aliphatic carbocycles. The molecule has 1 aromatic carbocycles. The third-order valence-corrected chi connectivity index (χ3v) is 3.54. The van der Waals surface area contributed by atoms with E-state index in [1.807, 2.05) is 19.1 Å². The average Bonchev–Trinajstić information content (AvgIpc) is 2.90. The Morgan fingerprint density at radius 3 is 2.94 bits per heavy atom. The molecule has 0 spiro atoms. The monoisotopic (exact) mass is 244 g/mol. The first-order valence-corrected chi connectivity index (χ1v) is 6.03. The first kappa shape index (κ1) is 9.94. The van der Waals surface area contributed by atoms with Gasteiger partial charge in [0.2, 0.25) is 12.7 Å². The van der Waals surface area contributed by atoms with Crippen LogP contribution in [0.2, 0.25) is 0 Å². The molecule has 0 fully saturated rings. The first-order valence-electron chi connectivity index (χ1n) is 6.03. The van der Waals surface area contributed by atoms with E-state index in [9.17, 15) is 4.79 Å². The smallest absolute Gasteiger partial charge is 0.231 e. The van der Waals surface area contributed by atoms with Gasteiger partial charge in [0.15, 0.2) is 11.5 Å². The summed E-state index contributed by atoms with van der Waals surface area (Å²) in [7, 11) is 0. The van der Waals surface area contributed by atoms with Crippen molar-refractivity contribution in [3.63, 3.8) is 0 Å². The number of hydrogen-bond acceptors (Lipinski definition) is 4. The quantitative estimate of drug-likeness (QED) is 0.691. The SMILES string of the molecule is CC1CC(=O)N2Cc3cc4c(cc3C2=N1)OCO4. The number of amidine groups is 1. The van der Waals surface area contributed by atoms with Crippen LogP contribution < -0.4 is 9.47 Å². The Morgan fingerprint density at radius 1 is 1.33 bits per heavy atom. The number of nitrogens with zero attached hydrogens (tertiary/aromatic N) is 2. The van der Waals surface area contributed by atoms with Crippen molar-refractivity contribution in [2.75, 3.05) is 6.79 Å². The number of benzene rings is 1. The number of rotatable bonds is 0. The van der Waals surface area contributed by atoms with Crippen LogP contribution in [0, 0.1) is 0 Å². The molecule has 0 saturated heterocycles. The molecular weight excluding hydrogens is 232 g/mol. The van der Waals surface area contributed by atoms with Gasteiger partial charge >= 0.3 is 0 Å². The van der Waals surface area contributed by atoms with Crippen molar-refractivity contribution in [2.24, 2.45) is 4.99 Å². The second-order valence-electron chi connectivity index (χ2n) is 4.85. The zero-order valence-corrected chi connectivity index (χ0v) is 9.97. The summed E-state index contributed by atoms with van der Waals surface area (Å²) in [5, 5.41) is 0. The normalized spacial score (nSPS) is 23.8. The van der Waals surface area contributed by atoms with Crippen molar-refractivity contribution in [3.8, 4) is 11.5 Å². The predicted octanol–water partition coefficient (Wildman–Crippen LogP) is 1.30. The summed E-state index contributed by atoms with van der Waals surface area (Å²) >= 11 is 0. The second-order valence-corrected chi connectivity index (χ2v) is 4.85. The predicted molar refractivity (Wildman–Crippen MR) is 63.7 cm³/mol. The summed E-state index contributed by atoms with van der Waals surface area (Å²) in [6.45, 7) is 2.83. The van der Waals surface area contributed by atoms with Gasteiger partial charge in [0.1, 0.15) is 5.84 Å². The van der Waals surface area contributed by atoms with Crippen LogP contribution in [0.25, 0.3) is 0 Å². The summed E-state index contributed by atoms with van der Waals surface area (Å²) in [5.41, 5.74) is 2.08. The van der Waals surface area contributed by atoms with E-state index < -0.39 is 0 Å². The molecule has 18 heavy (non-hydrogen) atoms. The van der Waals surface area contributed by atoms with Gasteiger partial charge in [0, 0.05) is 12.0 Å². The standard InChI is InChI=1S/C13H12N2O3/c1-7-2-12(16)15-5-8-3-10-11(18-6-17-10)4-9(8)13(15)14-7/h3-4,7H,2,5-6H2,1H3. The van der Waals surface area contributed by atoms with Crippen molar-refractivity contribution in [3.05, 3.63) is 23.3 Å². The molecule has 92 valence electrons. The summed E-state index contributed by atoms with van der Waals surface area (Å²) in [6.07, 6.45) is 0.490. The minimum Gasteiger partial charge on any atom is -0.454 e. The third-order valence-electron chi connectivity index (χ3n) is 3.54. The molecule has 0 aromatic heterocycles. The van der Waals surface area contributed by atoms with Gasteiger partial charge < -0.3 is 9.47 Å². The Morgan fingerprint density at radius 2 is 2.11 bits per heavy atom. The van der Waals surface area contributed by atoms with Gasteiger partial charge in [-0.15, -0.1) is 0 Å². The van der Waals surface area contributed by atoms with Crippen LogP contribution >= 0.6 is 0 Å². The maximum Gasteiger partial charge on any atom is 0.231 e. The van der Waals surface area contributed by atoms with Gasteiger partial charge in [-0.3, -0.25) is 14.7 Å². The largest absolute Gasteiger partial charge is 0.454 e. The summed E-state index contributed by atoms with van der Waals surface area (Å²) in [6, 6.07) is 3.94. The number of ether oxygens (including phenoxy) is 2. The molecule has 1 atom stereocenters. The minimum absolute atomic E-state index is 0.0557. The zero-order valence-electron chi connectivity index (χ0n) is 9.97. The van der Waals surface area contributed by atoms with Crippen LogP contribution in [0.15, 0.2) is 17.1 Å². The van der Waals surface area contributed by atoms with E-state index in [-0.39, 0.29) is 18.7 Å². The molecule has 0 N–H and O–H groups in total. The molecule has 1 aromatic rings. The fourth-order valence-electron chi connectivity index (χ4n) is 2.68. The molecule has 1 amide bonds. The topological polar surface area (TPSA) is 51.1 Å². The van der Waals surface area contributed by atoms with Gasteiger partial charge in [-0.05, 0) is 24.6 Å². The van der Waals surface area contributed by atoms with Crippen molar-refractivity contribution in [2.45, 2.75) is 25.9 Å². The fraction of sp³-hybridized carbons (Fsp3) is 0.385. The van der Waals surface area contributed by atoms with Gasteiger partial charge in [-0.2, -0.15) is 0 Å². The van der Waals surface area contributed by atoms with Crippen molar-refractivity contribution >= 4 is 11.7 Å². The third kappa shape index (κ3) is 1.21. The molecule has 0 bridgehead atoms. The van der Waals surface area contributed by atoms with E-state index in [1.165, 1.54) is 0 Å². The van der Waals surface area contributed by atoms with E-state index in [0.717, 1.165) is 28.5 Å². The molecule has 3 heterocycles. The lowest BCUT2D eigenvalue weighted by Gasteiger charge is -2.24. The van der Waals surface area contributed by atoms with Crippen LogP contribution in [0.1, 0.15) is 24.5 Å². The van der Waals surface area contributed by atoms with Gasteiger partial charge in [0.25, 0.3) is 0 Å². The second kappa shape index (κ2) is 3.25. The van der Waals surface area contributed by atoms with Crippen LogP contribution in [0.4, 0.5) is 0 Å². The number of carbonyl (C=O) groups excluding carboxylic acids is 1. The van der Waals surface area contributed by atoms with Gasteiger partial charge in [-0.25, -0.2) is 0 Å². The van der Waals surface area contributed by atoms with Crippen LogP contribution in [0.5, 0.6) is 11.5 Å². The molecule has 1 unspecified atom stereocenters. The summed E-state index contributed by atoms with van der Waals surface area (Å²) < 4.78 is 10.7. The molecular formula is C13H12N2O3. The summed E-state index contributed by atoms with van der Waals surface area (Å²) in [4.78, 5) is 18.3. The molecule has 0 radical (unpaired) electrons. The number of amides is 1. The minimum atomic E-state index is 0.0557.